The van der Waals surface area contributed by atoms with Crippen LogP contribution in [0.1, 0.15) is 38.5 Å². The summed E-state index contributed by atoms with van der Waals surface area (Å²) in [6.45, 7) is 0. The van der Waals surface area contributed by atoms with E-state index in [1.807, 2.05) is 0 Å². The minimum absolute atomic E-state index is 0.0840. The van der Waals surface area contributed by atoms with Crippen molar-refractivity contribution < 1.29 is 23.9 Å². The first-order valence-electron chi connectivity index (χ1n) is 8.36. The van der Waals surface area contributed by atoms with Gasteiger partial charge in [-0.15, -0.1) is 0 Å². The summed E-state index contributed by atoms with van der Waals surface area (Å²) >= 11 is 0. The lowest BCUT2D eigenvalue weighted by molar-refractivity contribution is -0.116. The van der Waals surface area contributed by atoms with Crippen LogP contribution in [-0.4, -0.2) is 17.3 Å². The van der Waals surface area contributed by atoms with Crippen molar-refractivity contribution in [2.24, 2.45) is 11.8 Å². The van der Waals surface area contributed by atoms with Gasteiger partial charge >= 0.3 is 0 Å². The standard InChI is InChI=1S/C19H18O5/c20-13-3-1-11-5-16(23-18(11)9-13)7-15(22)8-17-6-12-2-4-14(21)10-19(12)24-17/h7-12H,1-6H2/b16-7+,17-8+. The summed E-state index contributed by atoms with van der Waals surface area (Å²) < 4.78 is 11.3. The fourth-order valence-electron chi connectivity index (χ4n) is 3.65. The average molecular weight is 326 g/mol. The zero-order chi connectivity index (χ0) is 16.7. The van der Waals surface area contributed by atoms with Gasteiger partial charge in [-0.05, 0) is 12.8 Å². The molecule has 0 aromatic carbocycles. The first-order chi connectivity index (χ1) is 11.6. The Hall–Kier alpha value is -2.43. The fraction of sp³-hybridized carbons (Fsp3) is 0.421. The van der Waals surface area contributed by atoms with Crippen LogP contribution in [0.4, 0.5) is 0 Å². The SMILES string of the molecule is O=C(/C=C1\CC2CCC(=O)C=C2O1)/C=C1\CC2CCC(=O)C=C2O1. The lowest BCUT2D eigenvalue weighted by atomic mass is 9.91. The van der Waals surface area contributed by atoms with Gasteiger partial charge < -0.3 is 9.47 Å². The Labute approximate surface area is 139 Å². The number of ketones is 3. The largest absolute Gasteiger partial charge is 0.465 e. The number of carbonyl (C=O) groups excluding carboxylic acids is 3. The van der Waals surface area contributed by atoms with E-state index in [9.17, 15) is 14.4 Å². The quantitative estimate of drug-likeness (QED) is 0.730. The summed E-state index contributed by atoms with van der Waals surface area (Å²) in [6, 6.07) is 0. The van der Waals surface area contributed by atoms with Gasteiger partial charge in [-0.2, -0.15) is 0 Å². The van der Waals surface area contributed by atoms with Crippen LogP contribution in [0.3, 0.4) is 0 Å². The molecule has 0 spiro atoms. The zero-order valence-corrected chi connectivity index (χ0v) is 13.2. The molecule has 2 fully saturated rings. The van der Waals surface area contributed by atoms with E-state index in [0.717, 1.165) is 12.8 Å². The Balaban J connectivity index is 1.44. The third-order valence-electron chi connectivity index (χ3n) is 4.89. The molecule has 0 saturated carbocycles. The third-order valence-corrected chi connectivity index (χ3v) is 4.89. The van der Waals surface area contributed by atoms with E-state index in [4.69, 9.17) is 9.47 Å². The normalized spacial score (nSPS) is 32.0. The molecule has 5 heteroatoms. The van der Waals surface area contributed by atoms with E-state index in [1.165, 1.54) is 12.2 Å². The molecule has 2 atom stereocenters. The Kier molecular flexibility index (Phi) is 3.71. The molecule has 0 aromatic heterocycles. The summed E-state index contributed by atoms with van der Waals surface area (Å²) in [6.07, 6.45) is 10.0. The van der Waals surface area contributed by atoms with Crippen LogP contribution >= 0.6 is 0 Å². The van der Waals surface area contributed by atoms with E-state index >= 15 is 0 Å². The molecule has 0 aromatic rings. The molecule has 2 aliphatic carbocycles. The van der Waals surface area contributed by atoms with Crippen LogP contribution in [0.2, 0.25) is 0 Å². The fourth-order valence-corrected chi connectivity index (χ4v) is 3.65. The smallest absolute Gasteiger partial charge is 0.185 e. The minimum Gasteiger partial charge on any atom is -0.465 e. The maximum absolute atomic E-state index is 12.2. The van der Waals surface area contributed by atoms with Gasteiger partial charge in [-0.25, -0.2) is 0 Å². The summed E-state index contributed by atoms with van der Waals surface area (Å²) in [4.78, 5) is 35.0. The molecule has 4 rings (SSSR count). The molecule has 2 aliphatic heterocycles. The molecule has 5 nitrogen and oxygen atoms in total. The van der Waals surface area contributed by atoms with Crippen LogP contribution < -0.4 is 0 Å². The predicted molar refractivity (Wildman–Crippen MR) is 84.2 cm³/mol. The van der Waals surface area contributed by atoms with Crippen LogP contribution in [-0.2, 0) is 23.9 Å². The summed E-state index contributed by atoms with van der Waals surface area (Å²) in [7, 11) is 0. The Morgan fingerprint density at radius 3 is 1.79 bits per heavy atom. The van der Waals surface area contributed by atoms with E-state index < -0.39 is 0 Å². The molecule has 0 amide bonds. The van der Waals surface area contributed by atoms with Crippen molar-refractivity contribution >= 4 is 17.3 Å². The third kappa shape index (κ3) is 2.98. The monoisotopic (exact) mass is 326 g/mol. The van der Waals surface area contributed by atoms with Crippen molar-refractivity contribution in [1.29, 1.82) is 0 Å². The first-order valence-corrected chi connectivity index (χ1v) is 8.36. The lowest BCUT2D eigenvalue weighted by Crippen LogP contribution is -2.09. The molecule has 2 unspecified atom stereocenters. The number of hydrogen-bond donors (Lipinski definition) is 0. The molecule has 4 aliphatic rings. The number of hydrogen-bond acceptors (Lipinski definition) is 5. The van der Waals surface area contributed by atoms with Crippen molar-refractivity contribution in [1.82, 2.24) is 0 Å². The number of ether oxygens (including phenoxy) is 2. The molecular formula is C19H18O5. The number of carbonyl (C=O) groups is 3. The lowest BCUT2D eigenvalue weighted by Gasteiger charge is -2.12. The van der Waals surface area contributed by atoms with E-state index in [0.29, 0.717) is 48.7 Å². The van der Waals surface area contributed by atoms with Gasteiger partial charge in [0.25, 0.3) is 0 Å². The van der Waals surface area contributed by atoms with Gasteiger partial charge in [0.1, 0.15) is 23.0 Å². The van der Waals surface area contributed by atoms with Crippen molar-refractivity contribution in [2.75, 3.05) is 0 Å². The zero-order valence-electron chi connectivity index (χ0n) is 13.2. The molecular weight excluding hydrogens is 308 g/mol. The second-order valence-electron chi connectivity index (χ2n) is 6.73. The maximum atomic E-state index is 12.2. The van der Waals surface area contributed by atoms with Gasteiger partial charge in [0.15, 0.2) is 17.3 Å². The summed E-state index contributed by atoms with van der Waals surface area (Å²) in [5, 5.41) is 0. The summed E-state index contributed by atoms with van der Waals surface area (Å²) in [5.41, 5.74) is 0. The highest BCUT2D eigenvalue weighted by atomic mass is 16.5. The molecule has 2 heterocycles. The van der Waals surface area contributed by atoms with Crippen molar-refractivity contribution in [3.05, 3.63) is 47.3 Å². The van der Waals surface area contributed by atoms with E-state index in [1.54, 1.807) is 12.2 Å². The number of rotatable bonds is 2. The minimum atomic E-state index is -0.184. The number of allylic oxidation sites excluding steroid dienone is 8. The topological polar surface area (TPSA) is 69.7 Å². The average Bonchev–Trinajstić information content (AvgIpc) is 3.08. The predicted octanol–water partition coefficient (Wildman–Crippen LogP) is 2.89. The maximum Gasteiger partial charge on any atom is 0.185 e. The second kappa shape index (κ2) is 5.89. The highest BCUT2D eigenvalue weighted by molar-refractivity contribution is 6.00. The molecule has 2 saturated heterocycles. The first kappa shape index (κ1) is 15.1. The Morgan fingerprint density at radius 1 is 0.875 bits per heavy atom. The van der Waals surface area contributed by atoms with Crippen molar-refractivity contribution in [2.45, 2.75) is 38.5 Å². The molecule has 0 radical (unpaired) electrons. The number of fused-ring (bicyclic) bond motifs is 2. The van der Waals surface area contributed by atoms with Crippen molar-refractivity contribution in [3.8, 4) is 0 Å². The molecule has 0 N–H and O–H groups in total. The van der Waals surface area contributed by atoms with Gasteiger partial charge in [0, 0.05) is 61.8 Å². The molecule has 124 valence electrons. The van der Waals surface area contributed by atoms with Gasteiger partial charge in [0.05, 0.1) is 0 Å². The van der Waals surface area contributed by atoms with Gasteiger partial charge in [0.2, 0.25) is 0 Å². The Bertz CT molecular complexity index is 688. The second-order valence-corrected chi connectivity index (χ2v) is 6.73. The van der Waals surface area contributed by atoms with Crippen LogP contribution in [0.25, 0.3) is 0 Å². The van der Waals surface area contributed by atoms with Gasteiger partial charge in [-0.3, -0.25) is 14.4 Å². The Morgan fingerprint density at radius 2 is 1.33 bits per heavy atom. The molecule has 0 bridgehead atoms. The van der Waals surface area contributed by atoms with Crippen LogP contribution in [0.5, 0.6) is 0 Å². The molecule has 24 heavy (non-hydrogen) atoms. The van der Waals surface area contributed by atoms with E-state index in [2.05, 4.69) is 0 Å². The summed E-state index contributed by atoms with van der Waals surface area (Å²) in [5.74, 6) is 3.00. The van der Waals surface area contributed by atoms with Crippen molar-refractivity contribution in [3.63, 3.8) is 0 Å². The van der Waals surface area contributed by atoms with Crippen LogP contribution in [0.15, 0.2) is 47.3 Å². The highest BCUT2D eigenvalue weighted by Gasteiger charge is 2.33. The van der Waals surface area contributed by atoms with Crippen LogP contribution in [0, 0.1) is 11.8 Å². The highest BCUT2D eigenvalue weighted by Crippen LogP contribution is 2.39. The van der Waals surface area contributed by atoms with E-state index in [-0.39, 0.29) is 29.2 Å². The van der Waals surface area contributed by atoms with Gasteiger partial charge in [-0.1, -0.05) is 0 Å².